The van der Waals surface area contributed by atoms with Gasteiger partial charge in [-0.2, -0.15) is 0 Å². The number of nitrogens with two attached hydrogens (primary N) is 1. The molecular weight excluding hydrogens is 239 g/mol. The Bertz CT molecular complexity index is 513. The van der Waals surface area contributed by atoms with Crippen molar-refractivity contribution < 1.29 is 9.23 Å². The van der Waals surface area contributed by atoms with Gasteiger partial charge < -0.3 is 4.84 Å². The SMILES string of the molecule is Cc1cc(-c2csc(CCON)n2)ccc1F. The Morgan fingerprint density at radius 2 is 2.29 bits per heavy atom. The van der Waals surface area contributed by atoms with E-state index >= 15 is 0 Å². The second kappa shape index (κ2) is 5.35. The fourth-order valence-electron chi connectivity index (χ4n) is 1.51. The molecule has 0 fully saturated rings. The van der Waals surface area contributed by atoms with Crippen molar-refractivity contribution in [1.29, 1.82) is 0 Å². The molecule has 0 saturated heterocycles. The smallest absolute Gasteiger partial charge is 0.126 e. The van der Waals surface area contributed by atoms with Crippen LogP contribution in [0.15, 0.2) is 23.6 Å². The zero-order valence-corrected chi connectivity index (χ0v) is 10.3. The van der Waals surface area contributed by atoms with E-state index in [9.17, 15) is 4.39 Å². The van der Waals surface area contributed by atoms with Crippen molar-refractivity contribution in [3.63, 3.8) is 0 Å². The lowest BCUT2D eigenvalue weighted by atomic mass is 10.1. The van der Waals surface area contributed by atoms with Crippen LogP contribution in [0.25, 0.3) is 11.3 Å². The van der Waals surface area contributed by atoms with Gasteiger partial charge >= 0.3 is 0 Å². The molecule has 0 atom stereocenters. The molecule has 17 heavy (non-hydrogen) atoms. The lowest BCUT2D eigenvalue weighted by molar-refractivity contribution is 0.141. The Kier molecular flexibility index (Phi) is 3.83. The molecule has 1 heterocycles. The summed E-state index contributed by atoms with van der Waals surface area (Å²) in [6.45, 7) is 2.20. The molecule has 3 nitrogen and oxygen atoms in total. The number of aryl methyl sites for hydroxylation is 1. The third-order valence-corrected chi connectivity index (χ3v) is 3.35. The number of nitrogens with zero attached hydrogens (tertiary/aromatic N) is 1. The van der Waals surface area contributed by atoms with E-state index in [0.717, 1.165) is 16.3 Å². The number of thiazole rings is 1. The average molecular weight is 252 g/mol. The molecular formula is C12H13FN2OS. The van der Waals surface area contributed by atoms with Crippen LogP contribution in [0.1, 0.15) is 10.6 Å². The Balaban J connectivity index is 2.21. The van der Waals surface area contributed by atoms with Gasteiger partial charge in [-0.25, -0.2) is 15.3 Å². The van der Waals surface area contributed by atoms with Crippen molar-refractivity contribution in [1.82, 2.24) is 4.98 Å². The first-order valence-corrected chi connectivity index (χ1v) is 6.11. The molecule has 0 aliphatic rings. The van der Waals surface area contributed by atoms with E-state index in [1.54, 1.807) is 30.4 Å². The van der Waals surface area contributed by atoms with Gasteiger partial charge in [-0.05, 0) is 30.7 Å². The van der Waals surface area contributed by atoms with Crippen LogP contribution in [-0.2, 0) is 11.3 Å². The lowest BCUT2D eigenvalue weighted by Gasteiger charge is -2.00. The van der Waals surface area contributed by atoms with Crippen molar-refractivity contribution in [3.8, 4) is 11.3 Å². The van der Waals surface area contributed by atoms with Crippen molar-refractivity contribution in [2.45, 2.75) is 13.3 Å². The predicted molar refractivity (Wildman–Crippen MR) is 66.1 cm³/mol. The van der Waals surface area contributed by atoms with Crippen LogP contribution in [0.3, 0.4) is 0 Å². The molecule has 0 unspecified atom stereocenters. The monoisotopic (exact) mass is 252 g/mol. The maximum absolute atomic E-state index is 13.1. The summed E-state index contributed by atoms with van der Waals surface area (Å²) in [6.07, 6.45) is 0.696. The van der Waals surface area contributed by atoms with Gasteiger partial charge in [0.2, 0.25) is 0 Å². The van der Waals surface area contributed by atoms with Gasteiger partial charge in [0, 0.05) is 17.4 Å². The van der Waals surface area contributed by atoms with Crippen LogP contribution in [0.2, 0.25) is 0 Å². The summed E-state index contributed by atoms with van der Waals surface area (Å²) in [6, 6.07) is 5.00. The van der Waals surface area contributed by atoms with E-state index in [-0.39, 0.29) is 5.82 Å². The molecule has 0 radical (unpaired) electrons. The normalized spacial score (nSPS) is 10.8. The maximum Gasteiger partial charge on any atom is 0.126 e. The summed E-state index contributed by atoms with van der Waals surface area (Å²) >= 11 is 1.55. The van der Waals surface area contributed by atoms with Crippen LogP contribution in [0.4, 0.5) is 4.39 Å². The van der Waals surface area contributed by atoms with Gasteiger partial charge in [0.1, 0.15) is 5.82 Å². The maximum atomic E-state index is 13.1. The van der Waals surface area contributed by atoms with E-state index in [1.165, 1.54) is 6.07 Å². The highest BCUT2D eigenvalue weighted by molar-refractivity contribution is 7.09. The Labute approximate surface area is 103 Å². The fourth-order valence-corrected chi connectivity index (χ4v) is 2.30. The third kappa shape index (κ3) is 2.88. The number of benzene rings is 1. The van der Waals surface area contributed by atoms with Gasteiger partial charge in [0.15, 0.2) is 0 Å². The zero-order chi connectivity index (χ0) is 12.3. The Morgan fingerprint density at radius 1 is 1.47 bits per heavy atom. The minimum Gasteiger partial charge on any atom is -0.304 e. The minimum atomic E-state index is -0.194. The average Bonchev–Trinajstić information content (AvgIpc) is 2.79. The molecule has 5 heteroatoms. The second-order valence-electron chi connectivity index (χ2n) is 3.71. The highest BCUT2D eigenvalue weighted by atomic mass is 32.1. The topological polar surface area (TPSA) is 48.1 Å². The molecule has 0 aliphatic carbocycles. The van der Waals surface area contributed by atoms with Gasteiger partial charge in [-0.3, -0.25) is 0 Å². The molecule has 0 aliphatic heterocycles. The van der Waals surface area contributed by atoms with Crippen LogP contribution in [0.5, 0.6) is 0 Å². The highest BCUT2D eigenvalue weighted by Gasteiger charge is 2.06. The van der Waals surface area contributed by atoms with Crippen LogP contribution >= 0.6 is 11.3 Å². The van der Waals surface area contributed by atoms with E-state index in [0.29, 0.717) is 18.6 Å². The number of hydrogen-bond donors (Lipinski definition) is 1. The Morgan fingerprint density at radius 3 is 3.00 bits per heavy atom. The first-order chi connectivity index (χ1) is 8.20. The highest BCUT2D eigenvalue weighted by Crippen LogP contribution is 2.23. The minimum absolute atomic E-state index is 0.194. The quantitative estimate of drug-likeness (QED) is 0.851. The molecule has 90 valence electrons. The van der Waals surface area contributed by atoms with Gasteiger partial charge in [0.05, 0.1) is 17.3 Å². The van der Waals surface area contributed by atoms with Crippen molar-refractivity contribution in [2.75, 3.05) is 6.61 Å². The number of hydrogen-bond acceptors (Lipinski definition) is 4. The standard InChI is InChI=1S/C12H13FN2OS/c1-8-6-9(2-3-10(8)13)11-7-17-12(15-11)4-5-16-14/h2-3,6-7H,4-5,14H2,1H3. The van der Waals surface area contributed by atoms with Crippen molar-refractivity contribution in [2.24, 2.45) is 5.90 Å². The summed E-state index contributed by atoms with van der Waals surface area (Å²) in [5, 5.41) is 2.92. The molecule has 0 spiro atoms. The summed E-state index contributed by atoms with van der Waals surface area (Å²) < 4.78 is 13.1. The summed E-state index contributed by atoms with van der Waals surface area (Å²) in [5.41, 5.74) is 2.42. The molecule has 2 rings (SSSR count). The van der Waals surface area contributed by atoms with E-state index in [1.807, 2.05) is 5.38 Å². The number of halogens is 1. The molecule has 0 amide bonds. The molecule has 1 aromatic heterocycles. The van der Waals surface area contributed by atoms with Gasteiger partial charge in [-0.1, -0.05) is 0 Å². The summed E-state index contributed by atoms with van der Waals surface area (Å²) in [5.74, 6) is 4.77. The molecule has 2 N–H and O–H groups in total. The van der Waals surface area contributed by atoms with E-state index in [2.05, 4.69) is 9.82 Å². The second-order valence-corrected chi connectivity index (χ2v) is 4.65. The van der Waals surface area contributed by atoms with E-state index < -0.39 is 0 Å². The van der Waals surface area contributed by atoms with E-state index in [4.69, 9.17) is 5.90 Å². The van der Waals surface area contributed by atoms with Crippen molar-refractivity contribution >= 4 is 11.3 Å². The van der Waals surface area contributed by atoms with Crippen molar-refractivity contribution in [3.05, 3.63) is 40.0 Å². The van der Waals surface area contributed by atoms with Crippen LogP contribution in [0, 0.1) is 12.7 Å². The molecule has 0 bridgehead atoms. The number of rotatable bonds is 4. The number of aromatic nitrogens is 1. The van der Waals surface area contributed by atoms with Crippen LogP contribution in [-0.4, -0.2) is 11.6 Å². The zero-order valence-electron chi connectivity index (χ0n) is 9.44. The predicted octanol–water partition coefficient (Wildman–Crippen LogP) is 2.69. The molecule has 2 aromatic rings. The Hall–Kier alpha value is -1.30. The summed E-state index contributed by atoms with van der Waals surface area (Å²) in [4.78, 5) is 8.96. The molecule has 1 aromatic carbocycles. The third-order valence-electron chi connectivity index (χ3n) is 2.44. The largest absolute Gasteiger partial charge is 0.304 e. The first kappa shape index (κ1) is 12.2. The van der Waals surface area contributed by atoms with Gasteiger partial charge in [0.25, 0.3) is 0 Å². The van der Waals surface area contributed by atoms with Gasteiger partial charge in [-0.15, -0.1) is 11.3 Å². The lowest BCUT2D eigenvalue weighted by Crippen LogP contribution is -2.03. The summed E-state index contributed by atoms with van der Waals surface area (Å²) in [7, 11) is 0. The fraction of sp³-hybridized carbons (Fsp3) is 0.250. The first-order valence-electron chi connectivity index (χ1n) is 5.23. The van der Waals surface area contributed by atoms with Crippen LogP contribution < -0.4 is 5.90 Å². The molecule has 0 saturated carbocycles.